The third kappa shape index (κ3) is 9.28. The highest BCUT2D eigenvalue weighted by molar-refractivity contribution is 5.78. The Balaban J connectivity index is 2.11. The van der Waals surface area contributed by atoms with E-state index in [4.69, 9.17) is 9.47 Å². The Labute approximate surface area is 142 Å². The van der Waals surface area contributed by atoms with Gasteiger partial charge in [0.2, 0.25) is 5.91 Å². The lowest BCUT2D eigenvalue weighted by molar-refractivity contribution is -0.125. The van der Waals surface area contributed by atoms with Gasteiger partial charge in [-0.3, -0.25) is 9.69 Å². The second-order valence-electron chi connectivity index (χ2n) is 7.00. The number of carbonyl (C=O) groups is 1. The zero-order chi connectivity index (χ0) is 17.1. The predicted octanol–water partition coefficient (Wildman–Crippen LogP) is 2.30. The first-order valence-corrected chi connectivity index (χ1v) is 9.22. The molecule has 2 atom stereocenters. The summed E-state index contributed by atoms with van der Waals surface area (Å²) in [6, 6.07) is 0. The average molecular weight is 328 g/mol. The van der Waals surface area contributed by atoms with Crippen molar-refractivity contribution in [1.82, 2.24) is 10.2 Å². The van der Waals surface area contributed by atoms with E-state index in [1.807, 2.05) is 13.8 Å². The number of rotatable bonds is 11. The lowest BCUT2D eigenvalue weighted by Gasteiger charge is -2.33. The molecule has 23 heavy (non-hydrogen) atoms. The molecule has 0 radical (unpaired) electrons. The fourth-order valence-electron chi connectivity index (χ4n) is 2.57. The summed E-state index contributed by atoms with van der Waals surface area (Å²) in [7, 11) is 0. The molecule has 5 heteroatoms. The number of ether oxygens (including phenoxy) is 2. The second-order valence-corrected chi connectivity index (χ2v) is 7.00. The number of hydrogen-bond donors (Lipinski definition) is 1. The van der Waals surface area contributed by atoms with E-state index >= 15 is 0 Å². The largest absolute Gasteiger partial charge is 0.380 e. The van der Waals surface area contributed by atoms with Crippen LogP contribution in [-0.2, 0) is 14.3 Å². The molecular formula is C18H36N2O3. The SMILES string of the molecule is CCC(C)C(=O)NCC1CN(CCOCCCC(C)C)CCO1. The van der Waals surface area contributed by atoms with Gasteiger partial charge in [0.05, 0.1) is 19.3 Å². The Morgan fingerprint density at radius 3 is 2.83 bits per heavy atom. The maximum atomic E-state index is 11.8. The van der Waals surface area contributed by atoms with Crippen LogP contribution in [0.2, 0.25) is 0 Å². The highest BCUT2D eigenvalue weighted by atomic mass is 16.5. The van der Waals surface area contributed by atoms with Gasteiger partial charge in [0.1, 0.15) is 0 Å². The van der Waals surface area contributed by atoms with Gasteiger partial charge >= 0.3 is 0 Å². The highest BCUT2D eigenvalue weighted by Crippen LogP contribution is 2.06. The van der Waals surface area contributed by atoms with Crippen LogP contribution < -0.4 is 5.32 Å². The van der Waals surface area contributed by atoms with Gasteiger partial charge in [-0.05, 0) is 25.2 Å². The highest BCUT2D eigenvalue weighted by Gasteiger charge is 2.21. The molecule has 0 spiro atoms. The minimum atomic E-state index is 0.0777. The van der Waals surface area contributed by atoms with Gasteiger partial charge in [0, 0.05) is 38.7 Å². The molecule has 0 aromatic carbocycles. The molecule has 1 rings (SSSR count). The van der Waals surface area contributed by atoms with E-state index in [0.717, 1.165) is 58.2 Å². The topological polar surface area (TPSA) is 50.8 Å². The molecule has 1 amide bonds. The fourth-order valence-corrected chi connectivity index (χ4v) is 2.57. The number of carbonyl (C=O) groups excluding carboxylic acids is 1. The molecule has 2 unspecified atom stereocenters. The summed E-state index contributed by atoms with van der Waals surface area (Å²) in [5, 5.41) is 3.00. The van der Waals surface area contributed by atoms with Crippen molar-refractivity contribution in [1.29, 1.82) is 0 Å². The molecule has 0 saturated carbocycles. The zero-order valence-electron chi connectivity index (χ0n) is 15.5. The van der Waals surface area contributed by atoms with E-state index in [1.165, 1.54) is 6.42 Å². The van der Waals surface area contributed by atoms with Gasteiger partial charge in [-0.1, -0.05) is 27.7 Å². The summed E-state index contributed by atoms with van der Waals surface area (Å²) in [5.41, 5.74) is 0. The normalized spacial score (nSPS) is 20.7. The summed E-state index contributed by atoms with van der Waals surface area (Å²) in [4.78, 5) is 14.2. The minimum Gasteiger partial charge on any atom is -0.380 e. The molecule has 1 aliphatic rings. The maximum absolute atomic E-state index is 11.8. The van der Waals surface area contributed by atoms with E-state index in [9.17, 15) is 4.79 Å². The predicted molar refractivity (Wildman–Crippen MR) is 93.5 cm³/mol. The van der Waals surface area contributed by atoms with Gasteiger partial charge in [0.15, 0.2) is 0 Å². The summed E-state index contributed by atoms with van der Waals surface area (Å²) in [5.74, 6) is 0.958. The molecule has 1 aliphatic heterocycles. The Morgan fingerprint density at radius 2 is 2.13 bits per heavy atom. The van der Waals surface area contributed by atoms with Gasteiger partial charge < -0.3 is 14.8 Å². The molecule has 136 valence electrons. The van der Waals surface area contributed by atoms with Crippen molar-refractivity contribution in [3.63, 3.8) is 0 Å². The van der Waals surface area contributed by atoms with Crippen molar-refractivity contribution in [2.45, 2.75) is 53.1 Å². The van der Waals surface area contributed by atoms with Crippen molar-refractivity contribution in [2.24, 2.45) is 11.8 Å². The summed E-state index contributed by atoms with van der Waals surface area (Å²) < 4.78 is 11.5. The summed E-state index contributed by atoms with van der Waals surface area (Å²) in [6.45, 7) is 14.2. The molecule has 0 aromatic heterocycles. The van der Waals surface area contributed by atoms with Crippen LogP contribution >= 0.6 is 0 Å². The lowest BCUT2D eigenvalue weighted by Crippen LogP contribution is -2.48. The van der Waals surface area contributed by atoms with Crippen LogP contribution in [0.25, 0.3) is 0 Å². The quantitative estimate of drug-likeness (QED) is 0.591. The van der Waals surface area contributed by atoms with Crippen molar-refractivity contribution in [2.75, 3.05) is 46.0 Å². The first-order chi connectivity index (χ1) is 11.0. The molecular weight excluding hydrogens is 292 g/mol. The van der Waals surface area contributed by atoms with Crippen molar-refractivity contribution in [3.8, 4) is 0 Å². The van der Waals surface area contributed by atoms with Crippen LogP contribution in [0.1, 0.15) is 47.0 Å². The van der Waals surface area contributed by atoms with Crippen LogP contribution in [-0.4, -0.2) is 62.9 Å². The second kappa shape index (κ2) is 11.8. The molecule has 5 nitrogen and oxygen atoms in total. The van der Waals surface area contributed by atoms with Crippen molar-refractivity contribution < 1.29 is 14.3 Å². The molecule has 0 aromatic rings. The third-order valence-corrected chi connectivity index (χ3v) is 4.41. The van der Waals surface area contributed by atoms with Gasteiger partial charge in [0.25, 0.3) is 0 Å². The van der Waals surface area contributed by atoms with E-state index in [1.54, 1.807) is 0 Å². The number of hydrogen-bond acceptors (Lipinski definition) is 4. The van der Waals surface area contributed by atoms with Gasteiger partial charge in [-0.15, -0.1) is 0 Å². The molecule has 1 heterocycles. The molecule has 0 bridgehead atoms. The number of nitrogens with zero attached hydrogens (tertiary/aromatic N) is 1. The maximum Gasteiger partial charge on any atom is 0.222 e. The van der Waals surface area contributed by atoms with E-state index in [0.29, 0.717) is 6.54 Å². The molecule has 1 saturated heterocycles. The van der Waals surface area contributed by atoms with E-state index < -0.39 is 0 Å². The number of morpholine rings is 1. The molecule has 0 aliphatic carbocycles. The van der Waals surface area contributed by atoms with Crippen LogP contribution in [0.3, 0.4) is 0 Å². The summed E-state index contributed by atoms with van der Waals surface area (Å²) in [6.07, 6.45) is 3.34. The first kappa shape index (κ1) is 20.4. The summed E-state index contributed by atoms with van der Waals surface area (Å²) >= 11 is 0. The van der Waals surface area contributed by atoms with Crippen molar-refractivity contribution >= 4 is 5.91 Å². The Morgan fingerprint density at radius 1 is 1.35 bits per heavy atom. The third-order valence-electron chi connectivity index (χ3n) is 4.41. The van der Waals surface area contributed by atoms with Crippen LogP contribution in [0, 0.1) is 11.8 Å². The molecule has 1 fully saturated rings. The van der Waals surface area contributed by atoms with Gasteiger partial charge in [-0.2, -0.15) is 0 Å². The van der Waals surface area contributed by atoms with Crippen LogP contribution in [0.5, 0.6) is 0 Å². The average Bonchev–Trinajstić information content (AvgIpc) is 2.55. The first-order valence-electron chi connectivity index (χ1n) is 9.22. The minimum absolute atomic E-state index is 0.0777. The van der Waals surface area contributed by atoms with E-state index in [-0.39, 0.29) is 17.9 Å². The molecule has 1 N–H and O–H groups in total. The van der Waals surface area contributed by atoms with Crippen LogP contribution in [0.4, 0.5) is 0 Å². The lowest BCUT2D eigenvalue weighted by atomic mass is 10.1. The van der Waals surface area contributed by atoms with Crippen LogP contribution in [0.15, 0.2) is 0 Å². The standard InChI is InChI=1S/C18H36N2O3/c1-5-16(4)18(21)19-13-17-14-20(9-12-23-17)8-11-22-10-6-7-15(2)3/h15-17H,5-14H2,1-4H3,(H,19,21). The Hall–Kier alpha value is -0.650. The number of nitrogens with one attached hydrogen (secondary N) is 1. The fraction of sp³-hybridized carbons (Fsp3) is 0.944. The smallest absolute Gasteiger partial charge is 0.222 e. The number of amides is 1. The van der Waals surface area contributed by atoms with Gasteiger partial charge in [-0.25, -0.2) is 0 Å². The van der Waals surface area contributed by atoms with Crippen molar-refractivity contribution in [3.05, 3.63) is 0 Å². The Bertz CT molecular complexity index is 323. The van der Waals surface area contributed by atoms with E-state index in [2.05, 4.69) is 24.1 Å². The Kier molecular flexibility index (Phi) is 10.5. The monoisotopic (exact) mass is 328 g/mol. The zero-order valence-corrected chi connectivity index (χ0v) is 15.5.